The van der Waals surface area contributed by atoms with E-state index in [1.54, 1.807) is 18.1 Å². The number of nitrogens with one attached hydrogen (secondary N) is 1. The number of amides is 1. The number of methoxy groups -OCH3 is 1. The van der Waals surface area contributed by atoms with E-state index in [1.165, 1.54) is 6.42 Å². The zero-order chi connectivity index (χ0) is 20.1. The molecule has 1 heterocycles. The van der Waals surface area contributed by atoms with E-state index in [9.17, 15) is 4.79 Å². The minimum atomic E-state index is -0.298. The molecule has 7 heteroatoms. The Morgan fingerprint density at radius 2 is 1.79 bits per heavy atom. The molecule has 1 aliphatic rings. The Bertz CT molecular complexity index is 930. The van der Waals surface area contributed by atoms with Crippen molar-refractivity contribution in [2.24, 2.45) is 0 Å². The smallest absolute Gasteiger partial charge is 0.225 e. The topological polar surface area (TPSA) is 81.9 Å². The molecular weight excluding hydrogens is 366 g/mol. The maximum Gasteiger partial charge on any atom is 0.225 e. The first-order chi connectivity index (χ1) is 14.2. The summed E-state index contributed by atoms with van der Waals surface area (Å²) in [6.45, 7) is 0. The molecule has 7 nitrogen and oxygen atoms in total. The number of rotatable bonds is 6. The molecule has 29 heavy (non-hydrogen) atoms. The van der Waals surface area contributed by atoms with Crippen molar-refractivity contribution in [1.82, 2.24) is 25.5 Å². The van der Waals surface area contributed by atoms with E-state index < -0.39 is 0 Å². The van der Waals surface area contributed by atoms with Crippen molar-refractivity contribution in [2.75, 3.05) is 7.11 Å². The molecule has 1 fully saturated rings. The van der Waals surface area contributed by atoms with Crippen molar-refractivity contribution in [1.29, 1.82) is 0 Å². The van der Waals surface area contributed by atoms with Gasteiger partial charge in [0.15, 0.2) is 0 Å². The Balaban J connectivity index is 1.48. The molecule has 150 valence electrons. The third kappa shape index (κ3) is 4.29. The van der Waals surface area contributed by atoms with Gasteiger partial charge in [-0.1, -0.05) is 43.5 Å². The summed E-state index contributed by atoms with van der Waals surface area (Å²) < 4.78 is 6.87. The van der Waals surface area contributed by atoms with E-state index >= 15 is 0 Å². The average molecular weight is 391 g/mol. The summed E-state index contributed by atoms with van der Waals surface area (Å²) in [7, 11) is 1.66. The second-order valence-electron chi connectivity index (χ2n) is 7.52. The zero-order valence-corrected chi connectivity index (χ0v) is 16.5. The summed E-state index contributed by atoms with van der Waals surface area (Å²) in [6.07, 6.45) is 7.26. The van der Waals surface area contributed by atoms with E-state index in [1.807, 2.05) is 36.4 Å². The minimum Gasteiger partial charge on any atom is -0.497 e. The van der Waals surface area contributed by atoms with Crippen molar-refractivity contribution >= 4 is 5.91 Å². The normalized spacial score (nSPS) is 15.6. The van der Waals surface area contributed by atoms with Gasteiger partial charge in [-0.15, -0.1) is 5.10 Å². The van der Waals surface area contributed by atoms with Crippen molar-refractivity contribution in [3.05, 3.63) is 66.0 Å². The lowest BCUT2D eigenvalue weighted by Gasteiger charge is -2.39. The van der Waals surface area contributed by atoms with Gasteiger partial charge in [-0.25, -0.2) is 4.68 Å². The lowest BCUT2D eigenvalue weighted by atomic mass is 9.76. The van der Waals surface area contributed by atoms with E-state index in [2.05, 4.69) is 33.0 Å². The third-order valence-electron chi connectivity index (χ3n) is 5.64. The predicted octanol–water partition coefficient (Wildman–Crippen LogP) is 3.19. The summed E-state index contributed by atoms with van der Waals surface area (Å²) >= 11 is 0. The van der Waals surface area contributed by atoms with Crippen molar-refractivity contribution in [3.8, 4) is 11.4 Å². The maximum atomic E-state index is 12.9. The standard InChI is InChI=1S/C22H25N5O2/c1-29-20-11-7-18(8-12-20)22(13-3-2-4-14-22)24-21(28)15-17-5-9-19(10-6-17)27-16-23-25-26-27/h5-12,16H,2-4,13-15H2,1H3,(H,24,28). The highest BCUT2D eigenvalue weighted by Crippen LogP contribution is 2.37. The second kappa shape index (κ2) is 8.43. The molecule has 1 aliphatic carbocycles. The Labute approximate surface area is 170 Å². The van der Waals surface area contributed by atoms with Gasteiger partial charge in [-0.05, 0) is 58.7 Å². The fourth-order valence-corrected chi connectivity index (χ4v) is 4.09. The van der Waals surface area contributed by atoms with Crippen molar-refractivity contribution in [3.63, 3.8) is 0 Å². The van der Waals surface area contributed by atoms with Gasteiger partial charge in [0.25, 0.3) is 0 Å². The van der Waals surface area contributed by atoms with Gasteiger partial charge < -0.3 is 10.1 Å². The van der Waals surface area contributed by atoms with Gasteiger partial charge in [0.2, 0.25) is 5.91 Å². The zero-order valence-electron chi connectivity index (χ0n) is 16.5. The fraction of sp³-hybridized carbons (Fsp3) is 0.364. The predicted molar refractivity (Wildman–Crippen MR) is 109 cm³/mol. The Morgan fingerprint density at radius 3 is 2.41 bits per heavy atom. The quantitative estimate of drug-likeness (QED) is 0.698. The lowest BCUT2D eigenvalue weighted by Crippen LogP contribution is -2.47. The first-order valence-electron chi connectivity index (χ1n) is 9.96. The molecule has 4 rings (SSSR count). The summed E-state index contributed by atoms with van der Waals surface area (Å²) in [4.78, 5) is 12.9. The van der Waals surface area contributed by atoms with E-state index in [0.717, 1.165) is 48.2 Å². The van der Waals surface area contributed by atoms with Gasteiger partial charge >= 0.3 is 0 Å². The van der Waals surface area contributed by atoms with Crippen molar-refractivity contribution in [2.45, 2.75) is 44.1 Å². The summed E-state index contributed by atoms with van der Waals surface area (Å²) in [5.74, 6) is 0.867. The van der Waals surface area contributed by atoms with Crippen LogP contribution in [0.25, 0.3) is 5.69 Å². The first-order valence-corrected chi connectivity index (χ1v) is 9.96. The molecule has 0 spiro atoms. The molecule has 1 N–H and O–H groups in total. The summed E-state index contributed by atoms with van der Waals surface area (Å²) in [5.41, 5.74) is 2.68. The minimum absolute atomic E-state index is 0.0397. The number of hydrogen-bond acceptors (Lipinski definition) is 5. The van der Waals surface area contributed by atoms with Crippen LogP contribution in [0.1, 0.15) is 43.2 Å². The molecule has 0 saturated heterocycles. The molecule has 0 unspecified atom stereocenters. The Kier molecular flexibility index (Phi) is 5.55. The van der Waals surface area contributed by atoms with Crippen molar-refractivity contribution < 1.29 is 9.53 Å². The van der Waals surface area contributed by atoms with Gasteiger partial charge in [-0.3, -0.25) is 4.79 Å². The van der Waals surface area contributed by atoms with Gasteiger partial charge in [-0.2, -0.15) is 0 Å². The van der Waals surface area contributed by atoms with E-state index in [-0.39, 0.29) is 11.4 Å². The Morgan fingerprint density at radius 1 is 1.07 bits per heavy atom. The van der Waals surface area contributed by atoms with Crippen LogP contribution in [-0.4, -0.2) is 33.2 Å². The van der Waals surface area contributed by atoms with Crippen LogP contribution in [-0.2, 0) is 16.8 Å². The maximum absolute atomic E-state index is 12.9. The van der Waals surface area contributed by atoms with Gasteiger partial charge in [0, 0.05) is 0 Å². The van der Waals surface area contributed by atoms with Crippen LogP contribution in [0.3, 0.4) is 0 Å². The summed E-state index contributed by atoms with van der Waals surface area (Å²) in [6, 6.07) is 15.8. The number of hydrogen-bond donors (Lipinski definition) is 1. The monoisotopic (exact) mass is 391 g/mol. The highest BCUT2D eigenvalue weighted by Gasteiger charge is 2.35. The molecule has 0 atom stereocenters. The number of ether oxygens (including phenoxy) is 1. The van der Waals surface area contributed by atoms with Crippen LogP contribution < -0.4 is 10.1 Å². The van der Waals surface area contributed by atoms with Crippen LogP contribution >= 0.6 is 0 Å². The lowest BCUT2D eigenvalue weighted by molar-refractivity contribution is -0.123. The number of tetrazole rings is 1. The van der Waals surface area contributed by atoms with E-state index in [0.29, 0.717) is 6.42 Å². The largest absolute Gasteiger partial charge is 0.497 e. The fourth-order valence-electron chi connectivity index (χ4n) is 4.09. The average Bonchev–Trinajstić information content (AvgIpc) is 3.30. The SMILES string of the molecule is COc1ccc(C2(NC(=O)Cc3ccc(-n4cnnn4)cc3)CCCCC2)cc1. The van der Waals surface area contributed by atoms with Gasteiger partial charge in [0.1, 0.15) is 12.1 Å². The number of carbonyl (C=O) groups excluding carboxylic acids is 1. The molecule has 1 amide bonds. The Hall–Kier alpha value is -3.22. The van der Waals surface area contributed by atoms with E-state index in [4.69, 9.17) is 4.74 Å². The third-order valence-corrected chi connectivity index (χ3v) is 5.64. The number of benzene rings is 2. The van der Waals surface area contributed by atoms with Crippen LogP contribution in [0, 0.1) is 0 Å². The highest BCUT2D eigenvalue weighted by molar-refractivity contribution is 5.79. The van der Waals surface area contributed by atoms with Crippen LogP contribution in [0.5, 0.6) is 5.75 Å². The molecule has 1 saturated carbocycles. The highest BCUT2D eigenvalue weighted by atomic mass is 16.5. The number of nitrogens with zero attached hydrogens (tertiary/aromatic N) is 4. The number of aromatic nitrogens is 4. The van der Waals surface area contributed by atoms with Crippen LogP contribution in [0.4, 0.5) is 0 Å². The molecule has 3 aromatic rings. The molecular formula is C22H25N5O2. The second-order valence-corrected chi connectivity index (χ2v) is 7.52. The van der Waals surface area contributed by atoms with Crippen LogP contribution in [0.2, 0.25) is 0 Å². The summed E-state index contributed by atoms with van der Waals surface area (Å²) in [5, 5.41) is 14.5. The molecule has 2 aromatic carbocycles. The molecule has 1 aromatic heterocycles. The van der Waals surface area contributed by atoms with Crippen LogP contribution in [0.15, 0.2) is 54.9 Å². The molecule has 0 radical (unpaired) electrons. The van der Waals surface area contributed by atoms with Gasteiger partial charge in [0.05, 0.1) is 24.8 Å². The molecule has 0 aliphatic heterocycles. The first kappa shape index (κ1) is 19.1. The molecule has 0 bridgehead atoms. The number of carbonyl (C=O) groups is 1.